The summed E-state index contributed by atoms with van der Waals surface area (Å²) in [6, 6.07) is 1.76. The molecule has 0 saturated carbocycles. The van der Waals surface area contributed by atoms with Crippen LogP contribution >= 0.6 is 0 Å². The first kappa shape index (κ1) is 11.4. The average molecular weight is 256 g/mol. The van der Waals surface area contributed by atoms with Gasteiger partial charge in [-0.1, -0.05) is 0 Å². The van der Waals surface area contributed by atoms with Crippen LogP contribution in [-0.4, -0.2) is 30.7 Å². The second kappa shape index (κ2) is 4.52. The van der Waals surface area contributed by atoms with Crippen LogP contribution in [0.25, 0.3) is 5.65 Å². The predicted octanol–water partition coefficient (Wildman–Crippen LogP) is 0.691. The molecule has 0 bridgehead atoms. The molecule has 19 heavy (non-hydrogen) atoms. The lowest BCUT2D eigenvalue weighted by molar-refractivity contribution is 0.0952. The third kappa shape index (κ3) is 2.05. The molecule has 0 spiro atoms. The molecule has 3 rings (SSSR count). The van der Waals surface area contributed by atoms with E-state index in [1.54, 1.807) is 29.2 Å². The first-order valence-electron chi connectivity index (χ1n) is 5.81. The largest absolute Gasteiger partial charge is 0.348 e. The van der Waals surface area contributed by atoms with E-state index in [-0.39, 0.29) is 5.91 Å². The quantitative estimate of drug-likeness (QED) is 0.721. The van der Waals surface area contributed by atoms with E-state index in [2.05, 4.69) is 25.6 Å². The Bertz CT molecular complexity index is 728. The Morgan fingerprint density at radius 1 is 1.47 bits per heavy atom. The molecule has 0 atom stereocenters. The van der Waals surface area contributed by atoms with Crippen LogP contribution in [-0.2, 0) is 6.54 Å². The number of nitrogens with one attached hydrogen (secondary N) is 2. The smallest absolute Gasteiger partial charge is 0.257 e. The van der Waals surface area contributed by atoms with Gasteiger partial charge in [-0.15, -0.1) is 0 Å². The zero-order valence-electron chi connectivity index (χ0n) is 10.3. The maximum atomic E-state index is 12.1. The summed E-state index contributed by atoms with van der Waals surface area (Å²) >= 11 is 0. The summed E-state index contributed by atoms with van der Waals surface area (Å²) in [4.78, 5) is 16.2. The number of hydrogen-bond donors (Lipinski definition) is 2. The van der Waals surface area contributed by atoms with Crippen LogP contribution in [0.1, 0.15) is 21.6 Å². The molecule has 1 amide bonds. The normalized spacial score (nSPS) is 10.8. The number of fused-ring (bicyclic) bond motifs is 1. The maximum Gasteiger partial charge on any atom is 0.257 e. The van der Waals surface area contributed by atoms with Gasteiger partial charge in [-0.3, -0.25) is 9.89 Å². The number of aromatic nitrogens is 5. The number of hydrogen-bond acceptors (Lipinski definition) is 4. The van der Waals surface area contributed by atoms with Crippen molar-refractivity contribution in [1.82, 2.24) is 30.1 Å². The van der Waals surface area contributed by atoms with Gasteiger partial charge >= 0.3 is 0 Å². The molecule has 3 aromatic heterocycles. The first-order chi connectivity index (χ1) is 9.25. The van der Waals surface area contributed by atoms with Crippen LogP contribution < -0.4 is 5.32 Å². The number of aryl methyl sites for hydroxylation is 1. The van der Waals surface area contributed by atoms with E-state index in [9.17, 15) is 4.79 Å². The Morgan fingerprint density at radius 2 is 2.37 bits per heavy atom. The molecular formula is C12H12N6O. The zero-order chi connectivity index (χ0) is 13.2. The predicted molar refractivity (Wildman–Crippen MR) is 67.5 cm³/mol. The van der Waals surface area contributed by atoms with Gasteiger partial charge in [0.25, 0.3) is 5.91 Å². The van der Waals surface area contributed by atoms with Crippen LogP contribution in [0.5, 0.6) is 0 Å². The fraction of sp³-hybridized carbons (Fsp3) is 0.167. The number of carbonyl (C=O) groups is 1. The van der Waals surface area contributed by atoms with Crippen molar-refractivity contribution >= 4 is 11.6 Å². The average Bonchev–Trinajstić information content (AvgIpc) is 3.02. The molecule has 0 aromatic carbocycles. The number of aromatic amines is 1. The third-order valence-corrected chi connectivity index (χ3v) is 2.90. The van der Waals surface area contributed by atoms with Crippen molar-refractivity contribution in [3.63, 3.8) is 0 Å². The molecule has 96 valence electrons. The third-order valence-electron chi connectivity index (χ3n) is 2.90. The van der Waals surface area contributed by atoms with Crippen molar-refractivity contribution in [3.05, 3.63) is 47.7 Å². The first-order valence-corrected chi connectivity index (χ1v) is 5.81. The highest BCUT2D eigenvalue weighted by molar-refractivity contribution is 5.99. The van der Waals surface area contributed by atoms with Crippen molar-refractivity contribution < 1.29 is 4.79 Å². The van der Waals surface area contributed by atoms with E-state index in [0.717, 1.165) is 11.3 Å². The Balaban J connectivity index is 1.79. The van der Waals surface area contributed by atoms with E-state index in [1.165, 1.54) is 6.20 Å². The lowest BCUT2D eigenvalue weighted by Gasteiger charge is -2.02. The topological polar surface area (TPSA) is 88.0 Å². The van der Waals surface area contributed by atoms with Gasteiger partial charge < -0.3 is 5.32 Å². The summed E-state index contributed by atoms with van der Waals surface area (Å²) in [5, 5.41) is 13.6. The van der Waals surface area contributed by atoms with E-state index in [4.69, 9.17) is 0 Å². The molecule has 0 aliphatic carbocycles. The lowest BCUT2D eigenvalue weighted by atomic mass is 10.2. The minimum Gasteiger partial charge on any atom is -0.348 e. The van der Waals surface area contributed by atoms with Crippen molar-refractivity contribution in [2.45, 2.75) is 13.5 Å². The summed E-state index contributed by atoms with van der Waals surface area (Å²) < 4.78 is 1.57. The molecular weight excluding hydrogens is 244 g/mol. The molecule has 0 fully saturated rings. The van der Waals surface area contributed by atoms with E-state index >= 15 is 0 Å². The standard InChI is InChI=1S/C12H12N6O/c1-8-9(6-15-17-8)5-14-12(19)10-7-16-18-4-2-3-13-11(10)18/h2-4,6-7H,5H2,1H3,(H,14,19)(H,15,17). The van der Waals surface area contributed by atoms with Crippen molar-refractivity contribution in [1.29, 1.82) is 0 Å². The number of amides is 1. The molecule has 0 unspecified atom stereocenters. The zero-order valence-corrected chi connectivity index (χ0v) is 10.3. The highest BCUT2D eigenvalue weighted by Gasteiger charge is 2.13. The van der Waals surface area contributed by atoms with Gasteiger partial charge in [-0.2, -0.15) is 10.2 Å². The van der Waals surface area contributed by atoms with Gasteiger partial charge in [0.15, 0.2) is 5.65 Å². The van der Waals surface area contributed by atoms with Crippen LogP contribution in [0.4, 0.5) is 0 Å². The molecule has 3 heterocycles. The molecule has 7 nitrogen and oxygen atoms in total. The Hall–Kier alpha value is -2.70. The van der Waals surface area contributed by atoms with Gasteiger partial charge in [-0.25, -0.2) is 9.50 Å². The Morgan fingerprint density at radius 3 is 3.16 bits per heavy atom. The van der Waals surface area contributed by atoms with Crippen molar-refractivity contribution in [3.8, 4) is 0 Å². The number of carbonyl (C=O) groups excluding carboxylic acids is 1. The second-order valence-electron chi connectivity index (χ2n) is 4.15. The number of H-pyrrole nitrogens is 1. The van der Waals surface area contributed by atoms with Gasteiger partial charge in [-0.05, 0) is 13.0 Å². The summed E-state index contributed by atoms with van der Waals surface area (Å²) in [5.74, 6) is -0.200. The highest BCUT2D eigenvalue weighted by Crippen LogP contribution is 2.07. The fourth-order valence-corrected chi connectivity index (χ4v) is 1.81. The van der Waals surface area contributed by atoms with Gasteiger partial charge in [0.1, 0.15) is 5.56 Å². The Labute approximate surface area is 108 Å². The van der Waals surface area contributed by atoms with Crippen molar-refractivity contribution in [2.24, 2.45) is 0 Å². The van der Waals surface area contributed by atoms with Gasteiger partial charge in [0.05, 0.1) is 12.4 Å². The summed E-state index contributed by atoms with van der Waals surface area (Å²) in [6.07, 6.45) is 6.59. The minimum atomic E-state index is -0.200. The second-order valence-corrected chi connectivity index (χ2v) is 4.15. The molecule has 3 aromatic rings. The summed E-state index contributed by atoms with van der Waals surface area (Å²) in [7, 11) is 0. The molecule has 0 radical (unpaired) electrons. The molecule has 0 aliphatic rings. The van der Waals surface area contributed by atoms with Crippen LogP contribution in [0.2, 0.25) is 0 Å². The van der Waals surface area contributed by atoms with E-state index in [1.807, 2.05) is 6.92 Å². The van der Waals surface area contributed by atoms with Crippen molar-refractivity contribution in [2.75, 3.05) is 0 Å². The van der Waals surface area contributed by atoms with Crippen LogP contribution in [0.3, 0.4) is 0 Å². The monoisotopic (exact) mass is 256 g/mol. The lowest BCUT2D eigenvalue weighted by Crippen LogP contribution is -2.23. The fourth-order valence-electron chi connectivity index (χ4n) is 1.81. The molecule has 7 heteroatoms. The van der Waals surface area contributed by atoms with Crippen LogP contribution in [0.15, 0.2) is 30.9 Å². The van der Waals surface area contributed by atoms with E-state index < -0.39 is 0 Å². The minimum absolute atomic E-state index is 0.200. The number of nitrogens with zero attached hydrogens (tertiary/aromatic N) is 4. The molecule has 2 N–H and O–H groups in total. The molecule has 0 aliphatic heterocycles. The van der Waals surface area contributed by atoms with Gasteiger partial charge in [0, 0.05) is 30.2 Å². The molecule has 0 saturated heterocycles. The maximum absolute atomic E-state index is 12.1. The van der Waals surface area contributed by atoms with Gasteiger partial charge in [0.2, 0.25) is 0 Å². The van der Waals surface area contributed by atoms with Crippen LogP contribution in [0, 0.1) is 6.92 Å². The highest BCUT2D eigenvalue weighted by atomic mass is 16.1. The summed E-state index contributed by atoms with van der Waals surface area (Å²) in [6.45, 7) is 2.33. The Kier molecular flexibility index (Phi) is 2.71. The number of rotatable bonds is 3. The summed E-state index contributed by atoms with van der Waals surface area (Å²) in [5.41, 5.74) is 2.90. The SMILES string of the molecule is Cc1[nH]ncc1CNC(=O)c1cnn2cccnc12. The van der Waals surface area contributed by atoms with E-state index in [0.29, 0.717) is 17.8 Å².